The van der Waals surface area contributed by atoms with Gasteiger partial charge in [0, 0.05) is 16.1 Å². The Bertz CT molecular complexity index is 1040. The maximum absolute atomic E-state index is 12.4. The third-order valence-electron chi connectivity index (χ3n) is 4.59. The normalized spacial score (nSPS) is 10.9. The first-order valence-electron chi connectivity index (χ1n) is 9.31. The van der Waals surface area contributed by atoms with Gasteiger partial charge in [0.2, 0.25) is 0 Å². The molecule has 0 saturated carbocycles. The van der Waals surface area contributed by atoms with Crippen molar-refractivity contribution < 1.29 is 14.3 Å². The van der Waals surface area contributed by atoms with Crippen LogP contribution in [-0.2, 0) is 6.61 Å². The Kier molecular flexibility index (Phi) is 6.73. The largest absolute Gasteiger partial charge is 0.496 e. The first-order valence-corrected chi connectivity index (χ1v) is 9.69. The van der Waals surface area contributed by atoms with Crippen molar-refractivity contribution in [2.24, 2.45) is 0 Å². The molecule has 0 aliphatic heterocycles. The van der Waals surface area contributed by atoms with Gasteiger partial charge in [-0.1, -0.05) is 53.6 Å². The number of carbonyl (C=O) groups excluding carboxylic acids is 1. The fourth-order valence-corrected chi connectivity index (χ4v) is 3.16. The summed E-state index contributed by atoms with van der Waals surface area (Å²) >= 11 is 6.00. The number of halogens is 1. The Morgan fingerprint density at radius 2 is 1.69 bits per heavy atom. The van der Waals surface area contributed by atoms with E-state index in [1.54, 1.807) is 25.3 Å². The van der Waals surface area contributed by atoms with Crippen LogP contribution in [0.3, 0.4) is 0 Å². The average molecular weight is 407 g/mol. The molecule has 3 aromatic carbocycles. The number of ether oxygens (including phenoxy) is 2. The molecular formula is C25H23ClO3. The first kappa shape index (κ1) is 20.7. The molecule has 0 fully saturated rings. The van der Waals surface area contributed by atoms with Crippen LogP contribution in [0.25, 0.3) is 6.08 Å². The van der Waals surface area contributed by atoms with Crippen LogP contribution in [0.4, 0.5) is 0 Å². The van der Waals surface area contributed by atoms with Gasteiger partial charge in [0.25, 0.3) is 0 Å². The molecule has 3 rings (SSSR count). The summed E-state index contributed by atoms with van der Waals surface area (Å²) in [6.45, 7) is 4.30. The summed E-state index contributed by atoms with van der Waals surface area (Å²) < 4.78 is 11.4. The van der Waals surface area contributed by atoms with Gasteiger partial charge < -0.3 is 9.47 Å². The number of rotatable bonds is 7. The Morgan fingerprint density at radius 1 is 0.966 bits per heavy atom. The number of methoxy groups -OCH3 is 1. The van der Waals surface area contributed by atoms with Gasteiger partial charge in [-0.05, 0) is 61.4 Å². The quantitative estimate of drug-likeness (QED) is 0.334. The molecule has 3 aromatic rings. The molecule has 0 heterocycles. The van der Waals surface area contributed by atoms with E-state index in [4.69, 9.17) is 21.1 Å². The van der Waals surface area contributed by atoms with Crippen LogP contribution >= 0.6 is 11.6 Å². The molecule has 0 atom stereocenters. The van der Waals surface area contributed by atoms with Crippen LogP contribution in [0.15, 0.2) is 66.7 Å². The monoisotopic (exact) mass is 406 g/mol. The number of hydrogen-bond donors (Lipinski definition) is 0. The van der Waals surface area contributed by atoms with E-state index in [-0.39, 0.29) is 5.78 Å². The molecule has 3 nitrogen and oxygen atoms in total. The number of hydrogen-bond acceptors (Lipinski definition) is 3. The number of carbonyl (C=O) groups is 1. The lowest BCUT2D eigenvalue weighted by atomic mass is 10.1. The summed E-state index contributed by atoms with van der Waals surface area (Å²) in [6.07, 6.45) is 3.39. The van der Waals surface area contributed by atoms with E-state index in [9.17, 15) is 4.79 Å². The third-order valence-corrected chi connectivity index (χ3v) is 4.82. The number of ketones is 1. The molecule has 0 spiro atoms. The second-order valence-electron chi connectivity index (χ2n) is 6.83. The number of benzene rings is 3. The van der Waals surface area contributed by atoms with Gasteiger partial charge in [-0.15, -0.1) is 0 Å². The molecule has 4 heteroatoms. The zero-order valence-electron chi connectivity index (χ0n) is 16.7. The minimum absolute atomic E-state index is 0.0320. The van der Waals surface area contributed by atoms with Crippen molar-refractivity contribution in [3.05, 3.63) is 99.6 Å². The van der Waals surface area contributed by atoms with Gasteiger partial charge in [0.1, 0.15) is 18.1 Å². The van der Waals surface area contributed by atoms with Crippen molar-refractivity contribution in [3.63, 3.8) is 0 Å². The van der Waals surface area contributed by atoms with Crippen molar-refractivity contribution in [3.8, 4) is 11.5 Å². The summed E-state index contributed by atoms with van der Waals surface area (Å²) in [5, 5.41) is 0.679. The van der Waals surface area contributed by atoms with Gasteiger partial charge >= 0.3 is 0 Å². The maximum atomic E-state index is 12.4. The highest BCUT2D eigenvalue weighted by atomic mass is 35.5. The SMILES string of the molecule is COc1ccc(/C=C/C(=O)c2ccc(C)cc2)cc1COc1ccc(Cl)cc1C. The number of allylic oxidation sites excluding steroid dienone is 1. The van der Waals surface area contributed by atoms with E-state index in [1.807, 2.05) is 68.4 Å². The van der Waals surface area contributed by atoms with Crippen LogP contribution in [-0.4, -0.2) is 12.9 Å². The topological polar surface area (TPSA) is 35.5 Å². The minimum Gasteiger partial charge on any atom is -0.496 e. The molecule has 0 N–H and O–H groups in total. The van der Waals surface area contributed by atoms with E-state index in [2.05, 4.69) is 0 Å². The van der Waals surface area contributed by atoms with Crippen LogP contribution in [0.1, 0.15) is 32.6 Å². The van der Waals surface area contributed by atoms with Gasteiger partial charge in [-0.3, -0.25) is 4.79 Å². The van der Waals surface area contributed by atoms with Crippen molar-refractivity contribution in [2.45, 2.75) is 20.5 Å². The van der Waals surface area contributed by atoms with Crippen molar-refractivity contribution in [2.75, 3.05) is 7.11 Å². The molecule has 0 aliphatic carbocycles. The van der Waals surface area contributed by atoms with Crippen LogP contribution in [0, 0.1) is 13.8 Å². The van der Waals surface area contributed by atoms with E-state index in [0.717, 1.165) is 33.8 Å². The standard InChI is InChI=1S/C25H23ClO3/c1-17-4-8-20(9-5-17)23(27)11-6-19-7-12-25(28-3)21(15-19)16-29-24-13-10-22(26)14-18(24)2/h4-15H,16H2,1-3H3/b11-6+. The highest BCUT2D eigenvalue weighted by molar-refractivity contribution is 6.30. The van der Waals surface area contributed by atoms with Crippen molar-refractivity contribution in [1.82, 2.24) is 0 Å². The summed E-state index contributed by atoms with van der Waals surface area (Å²) in [6, 6.07) is 18.8. The lowest BCUT2D eigenvalue weighted by Crippen LogP contribution is -2.00. The van der Waals surface area contributed by atoms with E-state index < -0.39 is 0 Å². The van der Waals surface area contributed by atoms with E-state index >= 15 is 0 Å². The molecule has 0 bridgehead atoms. The van der Waals surface area contributed by atoms with Crippen molar-refractivity contribution in [1.29, 1.82) is 0 Å². The predicted molar refractivity (Wildman–Crippen MR) is 118 cm³/mol. The lowest BCUT2D eigenvalue weighted by Gasteiger charge is -2.13. The van der Waals surface area contributed by atoms with Crippen LogP contribution in [0.2, 0.25) is 5.02 Å². The smallest absolute Gasteiger partial charge is 0.185 e. The Balaban J connectivity index is 1.75. The fraction of sp³-hybridized carbons (Fsp3) is 0.160. The molecule has 0 aliphatic rings. The van der Waals surface area contributed by atoms with Crippen LogP contribution in [0.5, 0.6) is 11.5 Å². The molecule has 0 radical (unpaired) electrons. The zero-order chi connectivity index (χ0) is 20.8. The highest BCUT2D eigenvalue weighted by Crippen LogP contribution is 2.26. The molecule has 0 saturated heterocycles. The predicted octanol–water partition coefficient (Wildman–Crippen LogP) is 6.44. The minimum atomic E-state index is -0.0320. The fourth-order valence-electron chi connectivity index (χ4n) is 2.93. The average Bonchev–Trinajstić information content (AvgIpc) is 2.72. The lowest BCUT2D eigenvalue weighted by molar-refractivity contribution is 0.104. The first-order chi connectivity index (χ1) is 14.0. The van der Waals surface area contributed by atoms with Gasteiger partial charge in [-0.25, -0.2) is 0 Å². The van der Waals surface area contributed by atoms with E-state index in [1.165, 1.54) is 0 Å². The zero-order valence-corrected chi connectivity index (χ0v) is 17.5. The molecular weight excluding hydrogens is 384 g/mol. The van der Waals surface area contributed by atoms with Crippen LogP contribution < -0.4 is 9.47 Å². The second-order valence-corrected chi connectivity index (χ2v) is 7.27. The second kappa shape index (κ2) is 9.44. The summed E-state index contributed by atoms with van der Waals surface area (Å²) in [5.74, 6) is 1.47. The summed E-state index contributed by atoms with van der Waals surface area (Å²) in [7, 11) is 1.63. The molecule has 0 aromatic heterocycles. The molecule has 0 unspecified atom stereocenters. The van der Waals surface area contributed by atoms with Gasteiger partial charge in [0.05, 0.1) is 7.11 Å². The third kappa shape index (κ3) is 5.49. The van der Waals surface area contributed by atoms with Gasteiger partial charge in [0.15, 0.2) is 5.78 Å². The molecule has 0 amide bonds. The Morgan fingerprint density at radius 3 is 2.38 bits per heavy atom. The van der Waals surface area contributed by atoms with Crippen molar-refractivity contribution >= 4 is 23.5 Å². The highest BCUT2D eigenvalue weighted by Gasteiger charge is 2.07. The number of aryl methyl sites for hydroxylation is 2. The van der Waals surface area contributed by atoms with E-state index in [0.29, 0.717) is 17.2 Å². The Labute approximate surface area is 176 Å². The maximum Gasteiger partial charge on any atom is 0.185 e. The van der Waals surface area contributed by atoms with Gasteiger partial charge in [-0.2, -0.15) is 0 Å². The molecule has 148 valence electrons. The Hall–Kier alpha value is -3.04. The molecule has 29 heavy (non-hydrogen) atoms. The summed E-state index contributed by atoms with van der Waals surface area (Å²) in [4.78, 5) is 12.4. The summed E-state index contributed by atoms with van der Waals surface area (Å²) in [5.41, 5.74) is 4.56.